The number of carbonyl (C=O) groups is 1. The first-order valence-corrected chi connectivity index (χ1v) is 5.56. The maximum atomic E-state index is 11.4. The van der Waals surface area contributed by atoms with E-state index in [0.29, 0.717) is 14.8 Å². The summed E-state index contributed by atoms with van der Waals surface area (Å²) in [5, 5.41) is 21.3. The summed E-state index contributed by atoms with van der Waals surface area (Å²) in [6.07, 6.45) is 1.48. The van der Waals surface area contributed by atoms with Gasteiger partial charge in [0.1, 0.15) is 4.32 Å². The van der Waals surface area contributed by atoms with Crippen molar-refractivity contribution in [3.8, 4) is 11.5 Å². The number of hydrogen-bond donors (Lipinski definition) is 3. The molecule has 1 saturated heterocycles. The lowest BCUT2D eigenvalue weighted by molar-refractivity contribution is -0.115. The van der Waals surface area contributed by atoms with Gasteiger partial charge in [-0.2, -0.15) is 0 Å². The highest BCUT2D eigenvalue weighted by atomic mass is 32.2. The van der Waals surface area contributed by atoms with E-state index in [2.05, 4.69) is 5.32 Å². The van der Waals surface area contributed by atoms with Gasteiger partial charge in [0, 0.05) is 5.56 Å². The topological polar surface area (TPSA) is 69.6 Å². The van der Waals surface area contributed by atoms with Crippen LogP contribution in [0, 0.1) is 0 Å². The number of thioether (sulfide) groups is 1. The lowest BCUT2D eigenvalue weighted by Crippen LogP contribution is -2.17. The van der Waals surface area contributed by atoms with E-state index in [4.69, 9.17) is 12.2 Å². The molecule has 0 aliphatic carbocycles. The van der Waals surface area contributed by atoms with Gasteiger partial charge >= 0.3 is 0 Å². The van der Waals surface area contributed by atoms with Gasteiger partial charge in [0.2, 0.25) is 0 Å². The molecule has 0 radical (unpaired) electrons. The minimum absolute atomic E-state index is 0.222. The Kier molecular flexibility index (Phi) is 2.84. The van der Waals surface area contributed by atoms with E-state index in [-0.39, 0.29) is 17.4 Å². The molecule has 16 heavy (non-hydrogen) atoms. The van der Waals surface area contributed by atoms with Crippen LogP contribution < -0.4 is 5.32 Å². The van der Waals surface area contributed by atoms with E-state index in [1.165, 1.54) is 12.1 Å². The molecule has 3 N–H and O–H groups in total. The van der Waals surface area contributed by atoms with Gasteiger partial charge in [0.15, 0.2) is 11.5 Å². The standard InChI is InChI=1S/C10H7NO3S2/c12-6-3-1-2-5(8(6)13)4-7-9(14)11-10(15)16-7/h1-4,12-13H,(H,11,14,15). The van der Waals surface area contributed by atoms with Crippen molar-refractivity contribution < 1.29 is 15.0 Å². The fraction of sp³-hybridized carbons (Fsp3) is 0. The van der Waals surface area contributed by atoms with E-state index >= 15 is 0 Å². The molecule has 0 atom stereocenters. The monoisotopic (exact) mass is 253 g/mol. The summed E-state index contributed by atoms with van der Waals surface area (Å²) in [6.45, 7) is 0. The Labute approximate surface area is 101 Å². The van der Waals surface area contributed by atoms with E-state index < -0.39 is 0 Å². The Morgan fingerprint density at radius 2 is 2.12 bits per heavy atom. The third-order valence-corrected chi connectivity index (χ3v) is 3.14. The summed E-state index contributed by atoms with van der Waals surface area (Å²) in [7, 11) is 0. The maximum absolute atomic E-state index is 11.4. The molecule has 1 amide bonds. The molecule has 1 aliphatic rings. The van der Waals surface area contributed by atoms with Crippen LogP contribution in [-0.2, 0) is 4.79 Å². The number of carbonyl (C=O) groups excluding carboxylic acids is 1. The zero-order chi connectivity index (χ0) is 11.7. The number of hydrogen-bond acceptors (Lipinski definition) is 5. The Balaban J connectivity index is 2.40. The van der Waals surface area contributed by atoms with Crippen molar-refractivity contribution in [1.29, 1.82) is 0 Å². The highest BCUT2D eigenvalue weighted by Gasteiger charge is 2.22. The van der Waals surface area contributed by atoms with Crippen molar-refractivity contribution in [1.82, 2.24) is 5.32 Å². The van der Waals surface area contributed by atoms with Gasteiger partial charge in [-0.05, 0) is 12.1 Å². The van der Waals surface area contributed by atoms with Gasteiger partial charge in [0.05, 0.1) is 4.91 Å². The molecule has 0 unspecified atom stereocenters. The van der Waals surface area contributed by atoms with Crippen molar-refractivity contribution in [2.75, 3.05) is 0 Å². The molecule has 0 saturated carbocycles. The molecule has 0 aromatic heterocycles. The summed E-state index contributed by atoms with van der Waals surface area (Å²) >= 11 is 5.95. The minimum Gasteiger partial charge on any atom is -0.504 e. The summed E-state index contributed by atoms with van der Waals surface area (Å²) in [6, 6.07) is 4.54. The SMILES string of the molecule is O=C1NC(=S)SC1=Cc1cccc(O)c1O. The second-order valence-corrected chi connectivity index (χ2v) is 4.79. The van der Waals surface area contributed by atoms with Crippen molar-refractivity contribution in [3.63, 3.8) is 0 Å². The van der Waals surface area contributed by atoms with E-state index in [9.17, 15) is 15.0 Å². The van der Waals surface area contributed by atoms with E-state index in [0.717, 1.165) is 11.8 Å². The molecular weight excluding hydrogens is 246 g/mol. The second-order valence-electron chi connectivity index (χ2n) is 3.07. The number of amides is 1. The average Bonchev–Trinajstić information content (AvgIpc) is 2.53. The molecule has 1 aromatic rings. The van der Waals surface area contributed by atoms with Gasteiger partial charge in [-0.3, -0.25) is 4.79 Å². The number of phenols is 2. The lowest BCUT2D eigenvalue weighted by atomic mass is 10.1. The van der Waals surface area contributed by atoms with Crippen LogP contribution in [0.5, 0.6) is 11.5 Å². The van der Waals surface area contributed by atoms with Crippen molar-refractivity contribution in [2.24, 2.45) is 0 Å². The summed E-state index contributed by atoms with van der Waals surface area (Å²) in [5.74, 6) is -0.765. The lowest BCUT2D eigenvalue weighted by Gasteiger charge is -2.01. The van der Waals surface area contributed by atoms with Crippen LogP contribution in [0.1, 0.15) is 5.56 Å². The number of phenolic OH excluding ortho intramolecular Hbond substituents is 2. The fourth-order valence-corrected chi connectivity index (χ4v) is 2.26. The predicted molar refractivity (Wildman–Crippen MR) is 66.1 cm³/mol. The first-order valence-electron chi connectivity index (χ1n) is 4.34. The van der Waals surface area contributed by atoms with E-state index in [1.54, 1.807) is 12.1 Å². The van der Waals surface area contributed by atoms with Crippen molar-refractivity contribution >= 4 is 40.3 Å². The highest BCUT2D eigenvalue weighted by Crippen LogP contribution is 2.33. The third-order valence-electron chi connectivity index (χ3n) is 1.97. The third kappa shape index (κ3) is 2.02. The number of nitrogens with one attached hydrogen (secondary N) is 1. The summed E-state index contributed by atoms with van der Waals surface area (Å²) in [4.78, 5) is 11.7. The molecule has 6 heteroatoms. The molecule has 1 aliphatic heterocycles. The molecule has 4 nitrogen and oxygen atoms in total. The molecule has 1 heterocycles. The van der Waals surface area contributed by atoms with Crippen LogP contribution in [0.25, 0.3) is 6.08 Å². The summed E-state index contributed by atoms with van der Waals surface area (Å²) in [5.41, 5.74) is 0.377. The zero-order valence-electron chi connectivity index (χ0n) is 7.93. The van der Waals surface area contributed by atoms with Crippen LogP contribution in [0.15, 0.2) is 23.1 Å². The first kappa shape index (κ1) is 11.0. The van der Waals surface area contributed by atoms with Gasteiger partial charge in [0.25, 0.3) is 5.91 Å². The number of rotatable bonds is 1. The summed E-state index contributed by atoms with van der Waals surface area (Å²) < 4.78 is 0.385. The minimum atomic E-state index is -0.294. The number of para-hydroxylation sites is 1. The fourth-order valence-electron chi connectivity index (χ4n) is 1.23. The zero-order valence-corrected chi connectivity index (χ0v) is 9.56. The molecule has 1 aromatic carbocycles. The molecule has 82 valence electrons. The molecule has 2 rings (SSSR count). The largest absolute Gasteiger partial charge is 0.504 e. The number of benzene rings is 1. The van der Waals surface area contributed by atoms with Crippen molar-refractivity contribution in [2.45, 2.75) is 0 Å². The van der Waals surface area contributed by atoms with Crippen LogP contribution in [0.2, 0.25) is 0 Å². The van der Waals surface area contributed by atoms with Gasteiger partial charge < -0.3 is 15.5 Å². The Morgan fingerprint density at radius 3 is 2.75 bits per heavy atom. The van der Waals surface area contributed by atoms with Gasteiger partial charge in [-0.1, -0.05) is 36.1 Å². The van der Waals surface area contributed by atoms with Crippen LogP contribution >= 0.6 is 24.0 Å². The second kappa shape index (κ2) is 4.15. The predicted octanol–water partition coefficient (Wildman–Crippen LogP) is 1.59. The van der Waals surface area contributed by atoms with Crippen LogP contribution in [-0.4, -0.2) is 20.4 Å². The first-order chi connectivity index (χ1) is 7.58. The van der Waals surface area contributed by atoms with Crippen LogP contribution in [0.4, 0.5) is 0 Å². The quantitative estimate of drug-likeness (QED) is 0.403. The highest BCUT2D eigenvalue weighted by molar-refractivity contribution is 8.26. The molecule has 0 spiro atoms. The maximum Gasteiger partial charge on any atom is 0.263 e. The van der Waals surface area contributed by atoms with Gasteiger partial charge in [-0.15, -0.1) is 0 Å². The normalized spacial score (nSPS) is 17.9. The molecule has 1 fully saturated rings. The average molecular weight is 253 g/mol. The van der Waals surface area contributed by atoms with Crippen molar-refractivity contribution in [3.05, 3.63) is 28.7 Å². The van der Waals surface area contributed by atoms with E-state index in [1.807, 2.05) is 0 Å². The Hall–Kier alpha value is -1.53. The van der Waals surface area contributed by atoms with Crippen LogP contribution in [0.3, 0.4) is 0 Å². The van der Waals surface area contributed by atoms with Gasteiger partial charge in [-0.25, -0.2) is 0 Å². The smallest absolute Gasteiger partial charge is 0.263 e. The Bertz CT molecular complexity index is 511. The Morgan fingerprint density at radius 1 is 1.38 bits per heavy atom. The molecular formula is C10H7NO3S2. The number of aromatic hydroxyl groups is 2. The number of thiocarbonyl (C=S) groups is 1. The molecule has 0 bridgehead atoms.